The number of alkyl halides is 3. The maximum Gasteiger partial charge on any atom is 0.416 e. The van der Waals surface area contributed by atoms with Crippen LogP contribution in [0.5, 0.6) is 0 Å². The minimum atomic E-state index is -4.39. The van der Waals surface area contributed by atoms with Gasteiger partial charge in [-0.05, 0) is 24.3 Å². The zero-order chi connectivity index (χ0) is 15.9. The van der Waals surface area contributed by atoms with Crippen molar-refractivity contribution in [2.75, 3.05) is 0 Å². The van der Waals surface area contributed by atoms with Gasteiger partial charge < -0.3 is 9.51 Å². The van der Waals surface area contributed by atoms with Crippen LogP contribution in [-0.4, -0.2) is 20.5 Å². The lowest BCUT2D eigenvalue weighted by Crippen LogP contribution is -2.03. The van der Waals surface area contributed by atoms with Crippen LogP contribution in [0.1, 0.15) is 15.9 Å². The van der Waals surface area contributed by atoms with Crippen molar-refractivity contribution in [2.45, 2.75) is 6.18 Å². The van der Waals surface area contributed by atoms with E-state index in [0.717, 1.165) is 12.1 Å². The quantitative estimate of drug-likeness (QED) is 0.785. The van der Waals surface area contributed by atoms with E-state index in [-0.39, 0.29) is 11.2 Å². The van der Waals surface area contributed by atoms with E-state index in [1.54, 1.807) is 18.5 Å². The summed E-state index contributed by atoms with van der Waals surface area (Å²) in [4.78, 5) is 15.3. The molecule has 4 nitrogen and oxygen atoms in total. The van der Waals surface area contributed by atoms with E-state index in [9.17, 15) is 18.0 Å². The number of rotatable bonds is 2. The third-order valence-electron chi connectivity index (χ3n) is 3.22. The monoisotopic (exact) mass is 306 g/mol. The van der Waals surface area contributed by atoms with Crippen LogP contribution in [0.3, 0.4) is 0 Å². The van der Waals surface area contributed by atoms with Crippen molar-refractivity contribution >= 4 is 11.6 Å². The first-order chi connectivity index (χ1) is 10.4. The normalized spacial score (nSPS) is 11.8. The molecule has 0 unspecified atom stereocenters. The van der Waals surface area contributed by atoms with Crippen LogP contribution in [0.4, 0.5) is 13.2 Å². The van der Waals surface area contributed by atoms with Gasteiger partial charge in [0.2, 0.25) is 0 Å². The van der Waals surface area contributed by atoms with E-state index in [1.807, 2.05) is 0 Å². The van der Waals surface area contributed by atoms with E-state index in [1.165, 1.54) is 22.6 Å². The lowest BCUT2D eigenvalue weighted by atomic mass is 10.1. The van der Waals surface area contributed by atoms with E-state index < -0.39 is 17.7 Å². The van der Waals surface area contributed by atoms with Crippen LogP contribution in [0.2, 0.25) is 0 Å². The molecule has 0 bridgehead atoms. The number of hydrogen-bond donors (Lipinski definition) is 1. The maximum absolute atomic E-state index is 12.5. The smallest absolute Gasteiger partial charge is 0.416 e. The number of aromatic nitrogens is 2. The van der Waals surface area contributed by atoms with Gasteiger partial charge in [0.25, 0.3) is 0 Å². The molecule has 0 atom stereocenters. The fourth-order valence-corrected chi connectivity index (χ4v) is 2.15. The first-order valence-corrected chi connectivity index (χ1v) is 6.25. The molecule has 0 amide bonds. The zero-order valence-electron chi connectivity index (χ0n) is 11.0. The summed E-state index contributed by atoms with van der Waals surface area (Å²) in [7, 11) is 0. The van der Waals surface area contributed by atoms with Crippen LogP contribution < -0.4 is 0 Å². The van der Waals surface area contributed by atoms with Gasteiger partial charge in [-0.15, -0.1) is 0 Å². The average Bonchev–Trinajstić information content (AvgIpc) is 2.90. The molecule has 0 fully saturated rings. The molecular formula is C15H9F3N2O2. The summed E-state index contributed by atoms with van der Waals surface area (Å²) < 4.78 is 39.2. The van der Waals surface area contributed by atoms with Crippen molar-refractivity contribution < 1.29 is 23.1 Å². The Morgan fingerprint density at radius 1 is 1.14 bits per heavy atom. The van der Waals surface area contributed by atoms with Crippen molar-refractivity contribution in [3.8, 4) is 11.3 Å². The number of imidazole rings is 1. The topological polar surface area (TPSA) is 54.6 Å². The SMILES string of the molecule is O=C(O)c1cccn2cc(-c3ccc(C(F)(F)F)cc3)nc12. The molecule has 3 aromatic rings. The molecule has 7 heteroatoms. The highest BCUT2D eigenvalue weighted by molar-refractivity contribution is 5.94. The predicted molar refractivity (Wildman–Crippen MR) is 72.6 cm³/mol. The number of benzene rings is 1. The molecule has 0 aliphatic carbocycles. The Morgan fingerprint density at radius 2 is 1.82 bits per heavy atom. The fraction of sp³-hybridized carbons (Fsp3) is 0.0667. The third kappa shape index (κ3) is 2.41. The Morgan fingerprint density at radius 3 is 2.41 bits per heavy atom. The molecule has 0 aliphatic rings. The number of halogens is 3. The number of nitrogens with zero attached hydrogens (tertiary/aromatic N) is 2. The summed E-state index contributed by atoms with van der Waals surface area (Å²) >= 11 is 0. The molecule has 0 saturated heterocycles. The van der Waals surface area contributed by atoms with E-state index in [4.69, 9.17) is 5.11 Å². The molecule has 2 heterocycles. The van der Waals surface area contributed by atoms with Gasteiger partial charge in [0.1, 0.15) is 5.56 Å². The van der Waals surface area contributed by atoms with Crippen LogP contribution >= 0.6 is 0 Å². The van der Waals surface area contributed by atoms with Gasteiger partial charge in [-0.25, -0.2) is 9.78 Å². The summed E-state index contributed by atoms with van der Waals surface area (Å²) in [5, 5.41) is 9.11. The molecule has 1 aromatic carbocycles. The molecule has 1 N–H and O–H groups in total. The third-order valence-corrected chi connectivity index (χ3v) is 3.22. The molecular weight excluding hydrogens is 297 g/mol. The highest BCUT2D eigenvalue weighted by atomic mass is 19.4. The first-order valence-electron chi connectivity index (χ1n) is 6.25. The van der Waals surface area contributed by atoms with Crippen LogP contribution in [0.15, 0.2) is 48.8 Å². The minimum Gasteiger partial charge on any atom is -0.478 e. The number of carboxylic acids is 1. The van der Waals surface area contributed by atoms with Gasteiger partial charge in [-0.2, -0.15) is 13.2 Å². The Bertz CT molecular complexity index is 851. The Balaban J connectivity index is 2.07. The van der Waals surface area contributed by atoms with Gasteiger partial charge in [0, 0.05) is 18.0 Å². The summed E-state index contributed by atoms with van der Waals surface area (Å²) in [6.45, 7) is 0. The lowest BCUT2D eigenvalue weighted by Gasteiger charge is -2.06. The van der Waals surface area contributed by atoms with Crippen LogP contribution in [0.25, 0.3) is 16.9 Å². The molecule has 0 spiro atoms. The van der Waals surface area contributed by atoms with Crippen molar-refractivity contribution in [2.24, 2.45) is 0 Å². The fourth-order valence-electron chi connectivity index (χ4n) is 2.15. The van der Waals surface area contributed by atoms with Crippen molar-refractivity contribution in [1.29, 1.82) is 0 Å². The van der Waals surface area contributed by atoms with Gasteiger partial charge in [0.05, 0.1) is 11.3 Å². The molecule has 0 radical (unpaired) electrons. The van der Waals surface area contributed by atoms with Crippen molar-refractivity contribution in [1.82, 2.24) is 9.38 Å². The average molecular weight is 306 g/mol. The number of hydrogen-bond acceptors (Lipinski definition) is 2. The number of fused-ring (bicyclic) bond motifs is 1. The molecule has 3 rings (SSSR count). The summed E-state index contributed by atoms with van der Waals surface area (Å²) in [6, 6.07) is 7.54. The largest absolute Gasteiger partial charge is 0.478 e. The second-order valence-corrected chi connectivity index (χ2v) is 4.66. The summed E-state index contributed by atoms with van der Waals surface area (Å²) in [5.41, 5.74) is 0.410. The minimum absolute atomic E-state index is 0.0284. The Labute approximate surface area is 122 Å². The zero-order valence-corrected chi connectivity index (χ0v) is 11.0. The Hall–Kier alpha value is -2.83. The molecule has 112 valence electrons. The highest BCUT2D eigenvalue weighted by Crippen LogP contribution is 2.31. The Kier molecular flexibility index (Phi) is 3.13. The predicted octanol–water partition coefficient (Wildman–Crippen LogP) is 3.72. The highest BCUT2D eigenvalue weighted by Gasteiger charge is 2.30. The van der Waals surface area contributed by atoms with E-state index in [2.05, 4.69) is 4.98 Å². The molecule has 2 aromatic heterocycles. The van der Waals surface area contributed by atoms with Gasteiger partial charge in [0.15, 0.2) is 5.65 Å². The second-order valence-electron chi connectivity index (χ2n) is 4.66. The number of aromatic carboxylic acids is 1. The van der Waals surface area contributed by atoms with E-state index >= 15 is 0 Å². The van der Waals surface area contributed by atoms with Gasteiger partial charge in [-0.3, -0.25) is 0 Å². The second kappa shape index (κ2) is 4.87. The number of pyridine rings is 1. The van der Waals surface area contributed by atoms with Gasteiger partial charge in [-0.1, -0.05) is 12.1 Å². The van der Waals surface area contributed by atoms with Gasteiger partial charge >= 0.3 is 12.1 Å². The molecule has 22 heavy (non-hydrogen) atoms. The van der Waals surface area contributed by atoms with Crippen molar-refractivity contribution in [3.05, 3.63) is 59.9 Å². The van der Waals surface area contributed by atoms with Crippen molar-refractivity contribution in [3.63, 3.8) is 0 Å². The standard InChI is InChI=1S/C15H9F3N2O2/c16-15(17,18)10-5-3-9(4-6-10)12-8-20-7-1-2-11(14(21)22)13(20)19-12/h1-8H,(H,21,22). The van der Waals surface area contributed by atoms with E-state index in [0.29, 0.717) is 11.3 Å². The number of carboxylic acid groups (broad SMARTS) is 1. The summed E-state index contributed by atoms with van der Waals surface area (Å²) in [6.07, 6.45) is -1.19. The maximum atomic E-state index is 12.5. The lowest BCUT2D eigenvalue weighted by molar-refractivity contribution is -0.137. The summed E-state index contributed by atoms with van der Waals surface area (Å²) in [5.74, 6) is -1.12. The molecule has 0 saturated carbocycles. The first kappa shape index (κ1) is 14.1. The molecule has 0 aliphatic heterocycles. The number of carbonyl (C=O) groups is 1. The van der Waals surface area contributed by atoms with Crippen LogP contribution in [0, 0.1) is 0 Å². The van der Waals surface area contributed by atoms with Crippen LogP contribution in [-0.2, 0) is 6.18 Å².